The van der Waals surface area contributed by atoms with Gasteiger partial charge in [-0.25, -0.2) is 4.72 Å². The van der Waals surface area contributed by atoms with Gasteiger partial charge in [-0.1, -0.05) is 6.42 Å². The van der Waals surface area contributed by atoms with E-state index in [1.165, 1.54) is 4.31 Å². The normalized spacial score (nSPS) is 18.9. The lowest BCUT2D eigenvalue weighted by Gasteiger charge is -2.26. The fourth-order valence-corrected chi connectivity index (χ4v) is 3.55. The van der Waals surface area contributed by atoms with Gasteiger partial charge in [0.1, 0.15) is 12.0 Å². The van der Waals surface area contributed by atoms with Gasteiger partial charge in [0.15, 0.2) is 0 Å². The number of amides is 1. The third-order valence-corrected chi connectivity index (χ3v) is 4.77. The fraction of sp³-hybridized carbons (Fsp3) is 0.800. The molecule has 1 rings (SSSR count). The van der Waals surface area contributed by atoms with Crippen molar-refractivity contribution in [2.24, 2.45) is 5.73 Å². The van der Waals surface area contributed by atoms with Gasteiger partial charge in [-0.3, -0.25) is 4.79 Å². The molecular formula is C10H19N3O5S. The molecule has 0 unspecified atom stereocenters. The number of nitrogens with two attached hydrogens (primary N) is 2. The first-order valence-electron chi connectivity index (χ1n) is 6.17. The van der Waals surface area contributed by atoms with E-state index in [1.54, 1.807) is 0 Å². The van der Waals surface area contributed by atoms with Crippen LogP contribution in [-0.4, -0.2) is 43.7 Å². The molecule has 9 heteroatoms. The molecule has 1 aliphatic rings. The first kappa shape index (κ1) is 15.9. The van der Waals surface area contributed by atoms with Crippen LogP contribution in [0.4, 0.5) is 0 Å². The second-order valence-electron chi connectivity index (χ2n) is 4.57. The highest BCUT2D eigenvalue weighted by atomic mass is 32.2. The number of quaternary nitrogens is 1. The van der Waals surface area contributed by atoms with Crippen molar-refractivity contribution in [3.8, 4) is 0 Å². The molecule has 0 bridgehead atoms. The zero-order chi connectivity index (χ0) is 14.5. The Morgan fingerprint density at radius 1 is 1.26 bits per heavy atom. The summed E-state index contributed by atoms with van der Waals surface area (Å²) in [4.78, 5) is 21.5. The molecule has 19 heavy (non-hydrogen) atoms. The number of hydrogen-bond donors (Lipinski definition) is 2. The predicted molar refractivity (Wildman–Crippen MR) is 63.5 cm³/mol. The topological polar surface area (TPSA) is 137 Å². The number of carboxylic acids is 1. The zero-order valence-corrected chi connectivity index (χ0v) is 11.4. The minimum absolute atomic E-state index is 0.162. The number of carbonyl (C=O) groups excluding carboxylic acids is 2. The molecule has 0 aromatic rings. The summed E-state index contributed by atoms with van der Waals surface area (Å²) < 4.78 is 26.0. The van der Waals surface area contributed by atoms with Gasteiger partial charge >= 0.3 is 10.2 Å². The first-order chi connectivity index (χ1) is 8.83. The monoisotopic (exact) mass is 293 g/mol. The van der Waals surface area contributed by atoms with Crippen molar-refractivity contribution in [1.82, 2.24) is 4.31 Å². The molecule has 4 N–H and O–H groups in total. The maximum Gasteiger partial charge on any atom is 0.369 e. The molecule has 8 nitrogen and oxygen atoms in total. The zero-order valence-electron chi connectivity index (χ0n) is 10.6. The van der Waals surface area contributed by atoms with Crippen LogP contribution in [0.25, 0.3) is 0 Å². The average Bonchev–Trinajstić information content (AvgIpc) is 2.35. The van der Waals surface area contributed by atoms with Gasteiger partial charge in [0, 0.05) is 25.9 Å². The molecule has 1 fully saturated rings. The molecule has 1 amide bonds. The summed E-state index contributed by atoms with van der Waals surface area (Å²) in [6.45, 7) is 0.794. The Balaban J connectivity index is 2.65. The highest BCUT2D eigenvalue weighted by Crippen LogP contribution is 2.10. The molecule has 0 saturated carbocycles. The Hall–Kier alpha value is -1.19. The lowest BCUT2D eigenvalue weighted by Crippen LogP contribution is -2.97. The number of rotatable bonds is 7. The predicted octanol–water partition coefficient (Wildman–Crippen LogP) is -3.34. The molecule has 1 aliphatic heterocycles. The minimum atomic E-state index is -3.74. The maximum atomic E-state index is 12.0. The van der Waals surface area contributed by atoms with Crippen molar-refractivity contribution < 1.29 is 27.8 Å². The van der Waals surface area contributed by atoms with Crippen LogP contribution in [0, 0.1) is 0 Å². The maximum absolute atomic E-state index is 12.0. The van der Waals surface area contributed by atoms with E-state index in [1.807, 2.05) is 0 Å². The van der Waals surface area contributed by atoms with E-state index in [0.29, 0.717) is 13.1 Å². The van der Waals surface area contributed by atoms with Crippen molar-refractivity contribution in [2.45, 2.75) is 38.1 Å². The smallest absolute Gasteiger partial charge is 0.369 e. The van der Waals surface area contributed by atoms with E-state index in [-0.39, 0.29) is 12.8 Å². The van der Waals surface area contributed by atoms with Crippen LogP contribution in [0.1, 0.15) is 32.1 Å². The van der Waals surface area contributed by atoms with Crippen molar-refractivity contribution in [3.05, 3.63) is 0 Å². The third kappa shape index (κ3) is 5.13. The van der Waals surface area contributed by atoms with E-state index in [9.17, 15) is 23.1 Å². The molecule has 0 aliphatic carbocycles. The molecule has 0 spiro atoms. The van der Waals surface area contributed by atoms with Crippen molar-refractivity contribution in [1.29, 1.82) is 0 Å². The standard InChI is InChI=1S/C10H19N3O5S/c11-9(14)5-4-8(10(15)16)12-19(17,18)13-6-2-1-3-7-13/h8,12H,1-7H2,(H2,11,14)(H,15,16)/t8-/m0/s1. The van der Waals surface area contributed by atoms with Gasteiger partial charge in [0.2, 0.25) is 5.91 Å². The van der Waals surface area contributed by atoms with E-state index in [4.69, 9.17) is 5.73 Å². The summed E-state index contributed by atoms with van der Waals surface area (Å²) in [6, 6.07) is -1.32. The van der Waals surface area contributed by atoms with Gasteiger partial charge in [-0.15, -0.1) is 0 Å². The SMILES string of the molecule is NC(=O)CC[C@H]([NH2+]S(=O)(=O)N1CCCCC1)C(=O)[O-]. The summed E-state index contributed by atoms with van der Waals surface area (Å²) in [5, 5.41) is 10.9. The lowest BCUT2D eigenvalue weighted by molar-refractivity contribution is -0.545. The number of hydrogen-bond acceptors (Lipinski definition) is 5. The molecular weight excluding hydrogens is 274 g/mol. The van der Waals surface area contributed by atoms with Crippen LogP contribution in [-0.2, 0) is 19.8 Å². The third-order valence-electron chi connectivity index (χ3n) is 3.02. The van der Waals surface area contributed by atoms with E-state index < -0.39 is 28.1 Å². The molecule has 0 aromatic carbocycles. The van der Waals surface area contributed by atoms with Crippen LogP contribution in [0.3, 0.4) is 0 Å². The summed E-state index contributed by atoms with van der Waals surface area (Å²) in [6.07, 6.45) is 2.15. The lowest BCUT2D eigenvalue weighted by atomic mass is 10.2. The molecule has 1 saturated heterocycles. The average molecular weight is 293 g/mol. The number of aliphatic carboxylic acids is 1. The molecule has 110 valence electrons. The number of nitrogens with zero attached hydrogens (tertiary/aromatic N) is 1. The Morgan fingerprint density at radius 3 is 2.32 bits per heavy atom. The van der Waals surface area contributed by atoms with Crippen LogP contribution < -0.4 is 15.6 Å². The molecule has 1 atom stereocenters. The van der Waals surface area contributed by atoms with Crippen LogP contribution in [0.15, 0.2) is 0 Å². The summed E-state index contributed by atoms with van der Waals surface area (Å²) >= 11 is 0. The van der Waals surface area contributed by atoms with Crippen LogP contribution in [0.2, 0.25) is 0 Å². The van der Waals surface area contributed by atoms with E-state index in [0.717, 1.165) is 24.0 Å². The number of primary amides is 1. The Bertz CT molecular complexity index is 430. The van der Waals surface area contributed by atoms with E-state index >= 15 is 0 Å². The van der Waals surface area contributed by atoms with Gasteiger partial charge in [-0.05, 0) is 12.8 Å². The highest BCUT2D eigenvalue weighted by molar-refractivity contribution is 7.82. The minimum Gasteiger partial charge on any atom is -0.544 e. The quantitative estimate of drug-likeness (QED) is 0.505. The van der Waals surface area contributed by atoms with Crippen LogP contribution in [0.5, 0.6) is 0 Å². The summed E-state index contributed by atoms with van der Waals surface area (Å²) in [5.41, 5.74) is 4.92. The Morgan fingerprint density at radius 2 is 1.84 bits per heavy atom. The number of piperidine rings is 1. The second kappa shape index (κ2) is 6.83. The van der Waals surface area contributed by atoms with Crippen molar-refractivity contribution in [2.75, 3.05) is 13.1 Å². The first-order valence-corrected chi connectivity index (χ1v) is 7.67. The van der Waals surface area contributed by atoms with Gasteiger partial charge < -0.3 is 15.6 Å². The fourth-order valence-electron chi connectivity index (χ4n) is 1.95. The Labute approximate surface area is 112 Å². The van der Waals surface area contributed by atoms with Crippen molar-refractivity contribution in [3.63, 3.8) is 0 Å². The Kier molecular flexibility index (Phi) is 5.70. The number of carbonyl (C=O) groups is 2. The van der Waals surface area contributed by atoms with Gasteiger partial charge in [0.25, 0.3) is 0 Å². The largest absolute Gasteiger partial charge is 0.544 e. The van der Waals surface area contributed by atoms with Crippen LogP contribution >= 0.6 is 0 Å². The van der Waals surface area contributed by atoms with Gasteiger partial charge in [0.05, 0.1) is 0 Å². The summed E-state index contributed by atoms with van der Waals surface area (Å²) in [5.74, 6) is -2.18. The van der Waals surface area contributed by atoms with E-state index in [2.05, 4.69) is 0 Å². The molecule has 1 heterocycles. The van der Waals surface area contributed by atoms with Crippen molar-refractivity contribution >= 4 is 22.1 Å². The van der Waals surface area contributed by atoms with Gasteiger partial charge in [-0.2, -0.15) is 12.7 Å². The summed E-state index contributed by atoms with van der Waals surface area (Å²) in [7, 11) is -3.74. The second-order valence-corrected chi connectivity index (χ2v) is 6.39. The number of carboxylic acid groups (broad SMARTS) is 1. The molecule has 0 radical (unpaired) electrons. The molecule has 0 aromatic heterocycles. The highest BCUT2D eigenvalue weighted by Gasteiger charge is 2.30.